The number of hydrogen-bond acceptors (Lipinski definition) is 7. The van der Waals surface area contributed by atoms with Crippen molar-refractivity contribution >= 4 is 38.8 Å². The van der Waals surface area contributed by atoms with Crippen LogP contribution in [0.1, 0.15) is 28.6 Å². The molecule has 0 atom stereocenters. The van der Waals surface area contributed by atoms with Gasteiger partial charge in [-0.2, -0.15) is 0 Å². The van der Waals surface area contributed by atoms with Crippen molar-refractivity contribution < 1.29 is 9.72 Å². The summed E-state index contributed by atoms with van der Waals surface area (Å²) in [6.45, 7) is 6.77. The average molecular weight is 442 g/mol. The van der Waals surface area contributed by atoms with E-state index in [0.717, 1.165) is 12.1 Å². The van der Waals surface area contributed by atoms with Crippen LogP contribution in [-0.2, 0) is 6.54 Å². The molecule has 0 saturated carbocycles. The third kappa shape index (κ3) is 3.90. The average Bonchev–Trinajstić information content (AvgIpc) is 3.12. The summed E-state index contributed by atoms with van der Waals surface area (Å²) in [6.07, 6.45) is 2.39. The molecule has 4 rings (SSSR count). The molecule has 1 saturated heterocycles. The molecular weight excluding hydrogens is 418 g/mol. The lowest BCUT2D eigenvalue weighted by molar-refractivity contribution is -0.384. The van der Waals surface area contributed by atoms with E-state index in [1.54, 1.807) is 27.9 Å². The van der Waals surface area contributed by atoms with Crippen LogP contribution in [0, 0.1) is 17.0 Å². The predicted octanol–water partition coefficient (Wildman–Crippen LogP) is 3.05. The van der Waals surface area contributed by atoms with Gasteiger partial charge in [-0.3, -0.25) is 24.3 Å². The summed E-state index contributed by atoms with van der Waals surface area (Å²) >= 11 is 1.27. The summed E-state index contributed by atoms with van der Waals surface area (Å²) < 4.78 is 1.60. The van der Waals surface area contributed by atoms with Crippen LogP contribution < -0.4 is 10.5 Å². The van der Waals surface area contributed by atoms with Gasteiger partial charge in [0.2, 0.25) is 0 Å². The highest BCUT2D eigenvalue weighted by Crippen LogP contribution is 2.29. The first-order chi connectivity index (χ1) is 14.9. The number of rotatable bonds is 5. The van der Waals surface area contributed by atoms with Gasteiger partial charge in [-0.1, -0.05) is 6.92 Å². The van der Waals surface area contributed by atoms with E-state index in [0.29, 0.717) is 53.4 Å². The molecule has 0 spiro atoms. The fraction of sp³-hybridized carbons (Fsp3) is 0.381. The SMILES string of the molecule is CCCn1cnc2sc(C(=O)N3CCN(c4ccc([N+](=O)[O-])cc4)CC3)c(C)c2c1=O. The first kappa shape index (κ1) is 21.0. The third-order valence-corrected chi connectivity index (χ3v) is 6.76. The second-order valence-electron chi connectivity index (χ2n) is 7.53. The fourth-order valence-corrected chi connectivity index (χ4v) is 4.97. The number of nitro benzene ring substituents is 1. The smallest absolute Gasteiger partial charge is 0.269 e. The van der Waals surface area contributed by atoms with E-state index in [1.165, 1.54) is 23.5 Å². The van der Waals surface area contributed by atoms with Gasteiger partial charge >= 0.3 is 0 Å². The molecule has 1 aliphatic heterocycles. The van der Waals surface area contributed by atoms with Crippen molar-refractivity contribution in [3.05, 3.63) is 61.5 Å². The Balaban J connectivity index is 1.50. The van der Waals surface area contributed by atoms with Gasteiger partial charge in [-0.25, -0.2) is 4.98 Å². The van der Waals surface area contributed by atoms with E-state index in [4.69, 9.17) is 0 Å². The number of hydrogen-bond donors (Lipinski definition) is 0. The number of nitrogens with zero attached hydrogens (tertiary/aromatic N) is 5. The number of aryl methyl sites for hydroxylation is 2. The largest absolute Gasteiger partial charge is 0.368 e. The minimum absolute atomic E-state index is 0.0596. The highest BCUT2D eigenvalue weighted by Gasteiger charge is 2.27. The van der Waals surface area contributed by atoms with E-state index < -0.39 is 4.92 Å². The van der Waals surface area contributed by atoms with Crippen molar-refractivity contribution in [2.45, 2.75) is 26.8 Å². The van der Waals surface area contributed by atoms with Crippen molar-refractivity contribution in [2.75, 3.05) is 31.1 Å². The van der Waals surface area contributed by atoms with Gasteiger partial charge in [0.1, 0.15) is 4.83 Å². The van der Waals surface area contributed by atoms with Crippen LogP contribution >= 0.6 is 11.3 Å². The van der Waals surface area contributed by atoms with E-state index in [1.807, 2.05) is 13.8 Å². The molecule has 2 aromatic heterocycles. The number of carbonyl (C=O) groups excluding carboxylic acids is 1. The summed E-state index contributed by atoms with van der Waals surface area (Å²) in [4.78, 5) is 45.8. The van der Waals surface area contributed by atoms with Gasteiger partial charge in [0.05, 0.1) is 21.5 Å². The van der Waals surface area contributed by atoms with Gasteiger partial charge in [0.25, 0.3) is 17.2 Å². The predicted molar refractivity (Wildman–Crippen MR) is 120 cm³/mol. The Morgan fingerprint density at radius 1 is 1.19 bits per heavy atom. The number of fused-ring (bicyclic) bond motifs is 1. The summed E-state index contributed by atoms with van der Waals surface area (Å²) in [5.41, 5.74) is 1.56. The van der Waals surface area contributed by atoms with Crippen molar-refractivity contribution in [3.8, 4) is 0 Å². The summed E-state index contributed by atoms with van der Waals surface area (Å²) in [5.74, 6) is -0.0784. The number of thiophene rings is 1. The number of nitro groups is 1. The number of anilines is 1. The fourth-order valence-electron chi connectivity index (χ4n) is 3.86. The molecule has 10 heteroatoms. The number of carbonyl (C=O) groups is 1. The quantitative estimate of drug-likeness (QED) is 0.446. The highest BCUT2D eigenvalue weighted by molar-refractivity contribution is 7.20. The molecule has 3 aromatic rings. The van der Waals surface area contributed by atoms with Gasteiger partial charge < -0.3 is 9.80 Å². The Kier molecular flexibility index (Phi) is 5.73. The molecule has 1 aliphatic rings. The Labute approximate surface area is 182 Å². The van der Waals surface area contributed by atoms with Crippen molar-refractivity contribution in [1.82, 2.24) is 14.5 Å². The van der Waals surface area contributed by atoms with E-state index >= 15 is 0 Å². The van der Waals surface area contributed by atoms with Crippen LogP contribution in [0.4, 0.5) is 11.4 Å². The maximum atomic E-state index is 13.2. The maximum Gasteiger partial charge on any atom is 0.269 e. The lowest BCUT2D eigenvalue weighted by Crippen LogP contribution is -2.48. The monoisotopic (exact) mass is 441 g/mol. The third-order valence-electron chi connectivity index (χ3n) is 5.57. The lowest BCUT2D eigenvalue weighted by atomic mass is 10.2. The Bertz CT molecular complexity index is 1190. The highest BCUT2D eigenvalue weighted by atomic mass is 32.1. The summed E-state index contributed by atoms with van der Waals surface area (Å²) in [6, 6.07) is 6.45. The summed E-state index contributed by atoms with van der Waals surface area (Å²) in [5, 5.41) is 11.4. The number of amides is 1. The first-order valence-corrected chi connectivity index (χ1v) is 11.0. The topological polar surface area (TPSA) is 102 Å². The molecule has 0 bridgehead atoms. The number of non-ortho nitro benzene ring substituents is 1. The standard InChI is InChI=1S/C21H23N5O4S/c1-3-8-25-13-22-19-17(20(25)27)14(2)18(31-19)21(28)24-11-9-23(10-12-24)15-4-6-16(7-5-15)26(29)30/h4-7,13H,3,8-12H2,1-2H3. The van der Waals surface area contributed by atoms with Crippen LogP contribution in [-0.4, -0.2) is 51.5 Å². The number of piperazine rings is 1. The minimum atomic E-state index is -0.417. The Morgan fingerprint density at radius 2 is 1.87 bits per heavy atom. The van der Waals surface area contributed by atoms with Crippen molar-refractivity contribution in [3.63, 3.8) is 0 Å². The van der Waals surface area contributed by atoms with Crippen LogP contribution in [0.2, 0.25) is 0 Å². The van der Waals surface area contributed by atoms with Crippen LogP contribution in [0.25, 0.3) is 10.2 Å². The van der Waals surface area contributed by atoms with Crippen LogP contribution in [0.15, 0.2) is 35.4 Å². The number of aromatic nitrogens is 2. The molecule has 162 valence electrons. The Morgan fingerprint density at radius 3 is 2.48 bits per heavy atom. The molecule has 3 heterocycles. The first-order valence-electron chi connectivity index (χ1n) is 10.2. The van der Waals surface area contributed by atoms with Crippen LogP contribution in [0.5, 0.6) is 0 Å². The second kappa shape index (κ2) is 8.46. The van der Waals surface area contributed by atoms with E-state index in [9.17, 15) is 19.7 Å². The van der Waals surface area contributed by atoms with Gasteiger partial charge in [0, 0.05) is 50.5 Å². The zero-order chi connectivity index (χ0) is 22.1. The van der Waals surface area contributed by atoms with Crippen LogP contribution in [0.3, 0.4) is 0 Å². The molecule has 0 radical (unpaired) electrons. The maximum absolute atomic E-state index is 13.2. The molecule has 1 fully saturated rings. The molecule has 1 amide bonds. The Hall–Kier alpha value is -3.27. The lowest BCUT2D eigenvalue weighted by Gasteiger charge is -2.36. The zero-order valence-electron chi connectivity index (χ0n) is 17.4. The molecule has 1 aromatic carbocycles. The molecular formula is C21H23N5O4S. The van der Waals surface area contributed by atoms with Crippen molar-refractivity contribution in [1.29, 1.82) is 0 Å². The normalized spacial score (nSPS) is 14.3. The molecule has 0 unspecified atom stereocenters. The van der Waals surface area contributed by atoms with E-state index in [2.05, 4.69) is 9.88 Å². The summed E-state index contributed by atoms with van der Waals surface area (Å²) in [7, 11) is 0. The van der Waals surface area contributed by atoms with Gasteiger partial charge in [0.15, 0.2) is 0 Å². The molecule has 9 nitrogen and oxygen atoms in total. The van der Waals surface area contributed by atoms with E-state index in [-0.39, 0.29) is 17.2 Å². The molecule has 31 heavy (non-hydrogen) atoms. The minimum Gasteiger partial charge on any atom is -0.368 e. The van der Waals surface area contributed by atoms with Gasteiger partial charge in [-0.15, -0.1) is 11.3 Å². The number of benzene rings is 1. The van der Waals surface area contributed by atoms with Gasteiger partial charge in [-0.05, 0) is 31.0 Å². The zero-order valence-corrected chi connectivity index (χ0v) is 18.2. The molecule has 0 N–H and O–H groups in total. The second-order valence-corrected chi connectivity index (χ2v) is 8.53. The molecule has 0 aliphatic carbocycles. The van der Waals surface area contributed by atoms with Crippen molar-refractivity contribution in [2.24, 2.45) is 0 Å².